The molecule has 2 aliphatic carbocycles. The number of benzene rings is 1. The smallest absolute Gasteiger partial charge is 0.311 e. The van der Waals surface area contributed by atoms with Crippen LogP contribution in [0.5, 0.6) is 5.75 Å². The molecule has 2 saturated carbocycles. The van der Waals surface area contributed by atoms with E-state index in [0.29, 0.717) is 31.2 Å². The van der Waals surface area contributed by atoms with E-state index in [9.17, 15) is 14.7 Å². The molecule has 1 N–H and O–H groups in total. The molecule has 0 unspecified atom stereocenters. The van der Waals surface area contributed by atoms with Gasteiger partial charge in [-0.25, -0.2) is 0 Å². The van der Waals surface area contributed by atoms with Gasteiger partial charge >= 0.3 is 5.97 Å². The van der Waals surface area contributed by atoms with E-state index in [-0.39, 0.29) is 11.8 Å². The Kier molecular flexibility index (Phi) is 3.74. The van der Waals surface area contributed by atoms with Crippen LogP contribution >= 0.6 is 0 Å². The summed E-state index contributed by atoms with van der Waals surface area (Å²) in [5, 5.41) is 9.64. The van der Waals surface area contributed by atoms with Crippen LogP contribution in [0.4, 0.5) is 0 Å². The van der Waals surface area contributed by atoms with Crippen LogP contribution in [0.1, 0.15) is 48.9 Å². The van der Waals surface area contributed by atoms with Gasteiger partial charge in [0.25, 0.3) is 5.91 Å². The maximum Gasteiger partial charge on any atom is 0.311 e. The first-order valence-electron chi connectivity index (χ1n) is 8.88. The second-order valence-electron chi connectivity index (χ2n) is 7.43. The van der Waals surface area contributed by atoms with E-state index in [1.165, 1.54) is 6.42 Å². The molecular formula is C19H23NO4. The summed E-state index contributed by atoms with van der Waals surface area (Å²) in [7, 11) is 0. The SMILES string of the molecule is O=C(c1ccc(OC2CCC2)cc1)N1C[C@@H]2CCC[C@@]2(C(=O)O)C1. The maximum absolute atomic E-state index is 12.7. The van der Waals surface area contributed by atoms with Crippen molar-refractivity contribution in [2.75, 3.05) is 13.1 Å². The highest BCUT2D eigenvalue weighted by Gasteiger charge is 2.55. The summed E-state index contributed by atoms with van der Waals surface area (Å²) >= 11 is 0. The van der Waals surface area contributed by atoms with Crippen molar-refractivity contribution in [1.29, 1.82) is 0 Å². The molecule has 3 aliphatic rings. The summed E-state index contributed by atoms with van der Waals surface area (Å²) < 4.78 is 5.82. The first-order valence-corrected chi connectivity index (χ1v) is 8.88. The number of likely N-dealkylation sites (tertiary alicyclic amines) is 1. The van der Waals surface area contributed by atoms with Gasteiger partial charge in [0.2, 0.25) is 0 Å². The van der Waals surface area contributed by atoms with Crippen LogP contribution in [0.15, 0.2) is 24.3 Å². The fraction of sp³-hybridized carbons (Fsp3) is 0.579. The predicted molar refractivity (Wildman–Crippen MR) is 88.0 cm³/mol. The molecule has 0 bridgehead atoms. The number of aliphatic carboxylic acids is 1. The second-order valence-corrected chi connectivity index (χ2v) is 7.43. The average molecular weight is 329 g/mol. The molecule has 0 aromatic heterocycles. The Hall–Kier alpha value is -2.04. The third-order valence-corrected chi connectivity index (χ3v) is 6.04. The van der Waals surface area contributed by atoms with E-state index in [2.05, 4.69) is 0 Å². The zero-order valence-corrected chi connectivity index (χ0v) is 13.7. The van der Waals surface area contributed by atoms with Crippen molar-refractivity contribution < 1.29 is 19.4 Å². The lowest BCUT2D eigenvalue weighted by atomic mass is 9.81. The van der Waals surface area contributed by atoms with Gasteiger partial charge in [-0.2, -0.15) is 0 Å². The third-order valence-electron chi connectivity index (χ3n) is 6.04. The van der Waals surface area contributed by atoms with Gasteiger partial charge in [0.05, 0.1) is 11.5 Å². The van der Waals surface area contributed by atoms with Crippen molar-refractivity contribution in [2.45, 2.75) is 44.6 Å². The standard InChI is InChI=1S/C19H23NO4/c21-17(13-6-8-16(9-7-13)24-15-4-1-5-15)20-11-14-3-2-10-19(14,12-20)18(22)23/h6-9,14-15H,1-5,10-12H2,(H,22,23)/t14-,19+/m0/s1. The minimum absolute atomic E-state index is 0.0692. The van der Waals surface area contributed by atoms with Gasteiger partial charge in [-0.1, -0.05) is 6.42 Å². The van der Waals surface area contributed by atoms with Gasteiger partial charge in [-0.3, -0.25) is 9.59 Å². The van der Waals surface area contributed by atoms with Gasteiger partial charge in [-0.05, 0) is 62.3 Å². The minimum Gasteiger partial charge on any atom is -0.490 e. The summed E-state index contributed by atoms with van der Waals surface area (Å²) in [6, 6.07) is 7.26. The molecule has 24 heavy (non-hydrogen) atoms. The van der Waals surface area contributed by atoms with Gasteiger partial charge < -0.3 is 14.7 Å². The number of carboxylic acid groups (broad SMARTS) is 1. The number of carbonyl (C=O) groups excluding carboxylic acids is 1. The fourth-order valence-electron chi connectivity index (χ4n) is 4.33. The molecule has 0 spiro atoms. The molecule has 1 aromatic rings. The van der Waals surface area contributed by atoms with E-state index in [0.717, 1.165) is 31.4 Å². The lowest BCUT2D eigenvalue weighted by molar-refractivity contribution is -0.149. The maximum atomic E-state index is 12.7. The summed E-state index contributed by atoms with van der Waals surface area (Å²) in [5.41, 5.74) is -0.111. The van der Waals surface area contributed by atoms with E-state index in [1.807, 2.05) is 12.1 Å². The van der Waals surface area contributed by atoms with E-state index < -0.39 is 11.4 Å². The number of carboxylic acids is 1. The number of amides is 1. The Morgan fingerprint density at radius 1 is 1.12 bits per heavy atom. The molecule has 4 rings (SSSR count). The third kappa shape index (κ3) is 2.46. The number of fused-ring (bicyclic) bond motifs is 1. The van der Waals surface area contributed by atoms with Crippen LogP contribution in [0.25, 0.3) is 0 Å². The molecule has 1 aliphatic heterocycles. The Morgan fingerprint density at radius 2 is 1.88 bits per heavy atom. The predicted octanol–water partition coefficient (Wildman–Crippen LogP) is 2.94. The van der Waals surface area contributed by atoms with Crippen molar-refractivity contribution in [2.24, 2.45) is 11.3 Å². The molecule has 3 fully saturated rings. The van der Waals surface area contributed by atoms with Crippen LogP contribution in [0, 0.1) is 11.3 Å². The summed E-state index contributed by atoms with van der Waals surface area (Å²) in [4.78, 5) is 26.2. The van der Waals surface area contributed by atoms with Crippen LogP contribution < -0.4 is 4.74 Å². The summed E-state index contributed by atoms with van der Waals surface area (Å²) in [6.07, 6.45) is 6.30. The lowest BCUT2D eigenvalue weighted by Gasteiger charge is -2.26. The Morgan fingerprint density at radius 3 is 2.46 bits per heavy atom. The largest absolute Gasteiger partial charge is 0.490 e. The molecule has 0 radical (unpaired) electrons. The lowest BCUT2D eigenvalue weighted by Crippen LogP contribution is -2.37. The Bertz CT molecular complexity index is 652. The van der Waals surface area contributed by atoms with Crippen LogP contribution in [-0.2, 0) is 4.79 Å². The highest BCUT2D eigenvalue weighted by molar-refractivity contribution is 5.95. The molecule has 1 heterocycles. The van der Waals surface area contributed by atoms with Gasteiger partial charge in [-0.15, -0.1) is 0 Å². The highest BCUT2D eigenvalue weighted by Crippen LogP contribution is 2.49. The number of hydrogen-bond acceptors (Lipinski definition) is 3. The Balaban J connectivity index is 1.45. The molecule has 128 valence electrons. The first-order chi connectivity index (χ1) is 11.6. The number of hydrogen-bond donors (Lipinski definition) is 1. The van der Waals surface area contributed by atoms with Gasteiger partial charge in [0, 0.05) is 18.7 Å². The minimum atomic E-state index is -0.746. The van der Waals surface area contributed by atoms with Crippen molar-refractivity contribution in [1.82, 2.24) is 4.90 Å². The molecule has 5 nitrogen and oxygen atoms in total. The molecule has 1 saturated heterocycles. The molecule has 1 aromatic carbocycles. The summed E-state index contributed by atoms with van der Waals surface area (Å²) in [6.45, 7) is 0.900. The Labute approximate surface area is 141 Å². The van der Waals surface area contributed by atoms with Gasteiger partial charge in [0.15, 0.2) is 0 Å². The first kappa shape index (κ1) is 15.5. The van der Waals surface area contributed by atoms with Crippen molar-refractivity contribution in [3.8, 4) is 5.75 Å². The zero-order chi connectivity index (χ0) is 16.7. The zero-order valence-electron chi connectivity index (χ0n) is 13.7. The second kappa shape index (κ2) is 5.80. The average Bonchev–Trinajstić information content (AvgIpc) is 3.09. The monoisotopic (exact) mass is 329 g/mol. The van der Waals surface area contributed by atoms with Crippen molar-refractivity contribution in [3.05, 3.63) is 29.8 Å². The molecule has 5 heteroatoms. The van der Waals surface area contributed by atoms with Crippen LogP contribution in [-0.4, -0.2) is 41.1 Å². The number of ether oxygens (including phenoxy) is 1. The topological polar surface area (TPSA) is 66.8 Å². The number of carbonyl (C=O) groups is 2. The summed E-state index contributed by atoms with van der Waals surface area (Å²) in [5.74, 6) is 0.0847. The van der Waals surface area contributed by atoms with E-state index in [4.69, 9.17) is 4.74 Å². The number of rotatable bonds is 4. The van der Waals surface area contributed by atoms with Crippen LogP contribution in [0.3, 0.4) is 0 Å². The van der Waals surface area contributed by atoms with Crippen LogP contribution in [0.2, 0.25) is 0 Å². The van der Waals surface area contributed by atoms with E-state index >= 15 is 0 Å². The number of nitrogens with zero attached hydrogens (tertiary/aromatic N) is 1. The quantitative estimate of drug-likeness (QED) is 0.922. The highest BCUT2D eigenvalue weighted by atomic mass is 16.5. The molecule has 2 atom stereocenters. The fourth-order valence-corrected chi connectivity index (χ4v) is 4.33. The van der Waals surface area contributed by atoms with Crippen molar-refractivity contribution in [3.63, 3.8) is 0 Å². The van der Waals surface area contributed by atoms with Gasteiger partial charge in [0.1, 0.15) is 5.75 Å². The van der Waals surface area contributed by atoms with Crippen molar-refractivity contribution >= 4 is 11.9 Å². The molecular weight excluding hydrogens is 306 g/mol. The molecule has 1 amide bonds. The normalized spacial score (nSPS) is 29.2. The van der Waals surface area contributed by atoms with E-state index in [1.54, 1.807) is 17.0 Å².